The first kappa shape index (κ1) is 43.0. The molecule has 0 aliphatic heterocycles. The number of esters is 2. The minimum atomic E-state index is -4.75. The van der Waals surface area contributed by atoms with Crippen LogP contribution < -0.4 is 0 Å². The van der Waals surface area contributed by atoms with E-state index in [1.54, 1.807) is 0 Å². The number of carbonyl (C=O) groups is 2. The SMILES string of the molecule is CC/C=C\C/C=C\C/C=C\CCCCCCCCCC(=O)OC(COC(=O)CCCCCCC/C=C\CCC)COP(=O)(O)O. The lowest BCUT2D eigenvalue weighted by Gasteiger charge is -2.18. The third kappa shape index (κ3) is 34.7. The van der Waals surface area contributed by atoms with Gasteiger partial charge in [0, 0.05) is 12.8 Å². The average molecular weight is 655 g/mol. The summed E-state index contributed by atoms with van der Waals surface area (Å²) in [6, 6.07) is 0. The van der Waals surface area contributed by atoms with E-state index in [2.05, 4.69) is 67.0 Å². The molecule has 0 heterocycles. The summed E-state index contributed by atoms with van der Waals surface area (Å²) in [7, 11) is -4.75. The maximum absolute atomic E-state index is 12.3. The van der Waals surface area contributed by atoms with Crippen molar-refractivity contribution < 1.29 is 37.9 Å². The Morgan fingerprint density at radius 2 is 1.07 bits per heavy atom. The fraction of sp³-hybridized carbons (Fsp3) is 0.722. The molecule has 0 aliphatic carbocycles. The van der Waals surface area contributed by atoms with Gasteiger partial charge in [0.15, 0.2) is 6.10 Å². The van der Waals surface area contributed by atoms with Crippen molar-refractivity contribution in [3.05, 3.63) is 48.6 Å². The van der Waals surface area contributed by atoms with E-state index in [0.717, 1.165) is 83.5 Å². The molecule has 0 bridgehead atoms. The largest absolute Gasteiger partial charge is 0.469 e. The first-order valence-corrected chi connectivity index (χ1v) is 19.0. The maximum atomic E-state index is 12.3. The standard InChI is InChI=1S/C36H63O8P/c1-3-5-7-9-11-13-15-16-17-18-19-20-21-23-25-27-29-31-36(38)44-34(33-43-45(39,40)41)32-42-35(37)30-28-26-24-22-14-12-10-8-6-4-2/h5,7-8,10-11,13,16-17,34H,3-4,6,9,12,14-15,18-33H2,1-2H3,(H2,39,40,41)/b7-5-,10-8-,13-11-,17-16-. The molecule has 0 saturated carbocycles. The predicted octanol–water partition coefficient (Wildman–Crippen LogP) is 10.0. The Bertz CT molecular complexity index is 874. The van der Waals surface area contributed by atoms with Crippen LogP contribution in [0.1, 0.15) is 149 Å². The normalized spacial score (nSPS) is 13.1. The van der Waals surface area contributed by atoms with Crippen LogP contribution in [0, 0.1) is 0 Å². The summed E-state index contributed by atoms with van der Waals surface area (Å²) < 4.78 is 26.2. The van der Waals surface area contributed by atoms with Crippen molar-refractivity contribution in [3.8, 4) is 0 Å². The highest BCUT2D eigenvalue weighted by atomic mass is 31.2. The molecular formula is C36H63O8P. The highest BCUT2D eigenvalue weighted by molar-refractivity contribution is 7.46. The lowest BCUT2D eigenvalue weighted by molar-refractivity contribution is -0.161. The zero-order valence-electron chi connectivity index (χ0n) is 28.3. The fourth-order valence-electron chi connectivity index (χ4n) is 4.51. The molecule has 260 valence electrons. The Morgan fingerprint density at radius 1 is 0.600 bits per heavy atom. The van der Waals surface area contributed by atoms with Gasteiger partial charge < -0.3 is 19.3 Å². The molecule has 0 aromatic heterocycles. The van der Waals surface area contributed by atoms with Crippen LogP contribution in [0.5, 0.6) is 0 Å². The Kier molecular flexibility index (Phi) is 30.6. The van der Waals surface area contributed by atoms with Crippen molar-refractivity contribution in [3.63, 3.8) is 0 Å². The van der Waals surface area contributed by atoms with Crippen LogP contribution in [0.4, 0.5) is 0 Å². The second-order valence-electron chi connectivity index (χ2n) is 11.5. The first-order chi connectivity index (χ1) is 21.8. The van der Waals surface area contributed by atoms with Crippen LogP contribution in [-0.2, 0) is 28.2 Å². The fourth-order valence-corrected chi connectivity index (χ4v) is 4.87. The Morgan fingerprint density at radius 3 is 1.62 bits per heavy atom. The maximum Gasteiger partial charge on any atom is 0.469 e. The van der Waals surface area contributed by atoms with Crippen molar-refractivity contribution >= 4 is 19.8 Å². The number of hydrogen-bond acceptors (Lipinski definition) is 6. The van der Waals surface area contributed by atoms with Crippen LogP contribution in [0.25, 0.3) is 0 Å². The second-order valence-corrected chi connectivity index (χ2v) is 12.7. The molecule has 9 heteroatoms. The molecule has 0 rings (SSSR count). The van der Waals surface area contributed by atoms with Crippen LogP contribution in [0.15, 0.2) is 48.6 Å². The summed E-state index contributed by atoms with van der Waals surface area (Å²) in [4.78, 5) is 42.5. The minimum Gasteiger partial charge on any atom is -0.462 e. The van der Waals surface area contributed by atoms with Gasteiger partial charge in [-0.05, 0) is 64.2 Å². The van der Waals surface area contributed by atoms with Crippen molar-refractivity contribution in [1.82, 2.24) is 0 Å². The minimum absolute atomic E-state index is 0.197. The van der Waals surface area contributed by atoms with Crippen LogP contribution in [0.3, 0.4) is 0 Å². The molecule has 1 atom stereocenters. The van der Waals surface area contributed by atoms with Gasteiger partial charge in [-0.2, -0.15) is 0 Å². The van der Waals surface area contributed by atoms with Gasteiger partial charge in [0.25, 0.3) is 0 Å². The summed E-state index contributed by atoms with van der Waals surface area (Å²) in [6.07, 6.45) is 36.9. The molecule has 45 heavy (non-hydrogen) atoms. The van der Waals surface area contributed by atoms with Crippen LogP contribution >= 0.6 is 7.82 Å². The molecule has 0 spiro atoms. The Labute approximate surface area is 274 Å². The summed E-state index contributed by atoms with van der Waals surface area (Å²) in [5.41, 5.74) is 0. The van der Waals surface area contributed by atoms with E-state index in [0.29, 0.717) is 12.8 Å². The summed E-state index contributed by atoms with van der Waals surface area (Å²) in [5, 5.41) is 0. The summed E-state index contributed by atoms with van der Waals surface area (Å²) >= 11 is 0. The number of unbranched alkanes of at least 4 members (excludes halogenated alkanes) is 13. The molecule has 0 amide bonds. The van der Waals surface area contributed by atoms with Gasteiger partial charge in [-0.25, -0.2) is 4.57 Å². The van der Waals surface area contributed by atoms with E-state index in [4.69, 9.17) is 19.3 Å². The van der Waals surface area contributed by atoms with Gasteiger partial charge in [0.05, 0.1) is 6.61 Å². The van der Waals surface area contributed by atoms with Gasteiger partial charge >= 0.3 is 19.8 Å². The highest BCUT2D eigenvalue weighted by Crippen LogP contribution is 2.35. The quantitative estimate of drug-likeness (QED) is 0.0328. The lowest BCUT2D eigenvalue weighted by atomic mass is 10.1. The van der Waals surface area contributed by atoms with E-state index < -0.39 is 32.5 Å². The number of allylic oxidation sites excluding steroid dienone is 8. The van der Waals surface area contributed by atoms with E-state index in [9.17, 15) is 14.2 Å². The number of phosphoric acid groups is 1. The molecule has 2 N–H and O–H groups in total. The number of ether oxygens (including phenoxy) is 2. The van der Waals surface area contributed by atoms with E-state index in [1.165, 1.54) is 25.7 Å². The van der Waals surface area contributed by atoms with E-state index >= 15 is 0 Å². The van der Waals surface area contributed by atoms with Crippen molar-refractivity contribution in [2.75, 3.05) is 13.2 Å². The Balaban J connectivity index is 4.01. The molecule has 0 saturated heterocycles. The second kappa shape index (κ2) is 32.0. The number of hydrogen-bond donors (Lipinski definition) is 2. The lowest BCUT2D eigenvalue weighted by Crippen LogP contribution is -2.29. The topological polar surface area (TPSA) is 119 Å². The molecule has 0 fully saturated rings. The van der Waals surface area contributed by atoms with Gasteiger partial charge in [0.1, 0.15) is 6.61 Å². The van der Waals surface area contributed by atoms with Gasteiger partial charge in [-0.1, -0.05) is 120 Å². The number of phosphoric ester groups is 1. The van der Waals surface area contributed by atoms with Crippen LogP contribution in [0.2, 0.25) is 0 Å². The third-order valence-corrected chi connectivity index (χ3v) is 7.55. The predicted molar refractivity (Wildman–Crippen MR) is 184 cm³/mol. The highest BCUT2D eigenvalue weighted by Gasteiger charge is 2.22. The molecule has 1 unspecified atom stereocenters. The third-order valence-electron chi connectivity index (χ3n) is 7.06. The molecule has 0 radical (unpaired) electrons. The average Bonchev–Trinajstić information content (AvgIpc) is 3.00. The van der Waals surface area contributed by atoms with E-state index in [-0.39, 0.29) is 19.4 Å². The zero-order chi connectivity index (χ0) is 33.3. The first-order valence-electron chi connectivity index (χ1n) is 17.4. The molecular weight excluding hydrogens is 591 g/mol. The molecule has 0 aromatic rings. The van der Waals surface area contributed by atoms with Gasteiger partial charge in [0.2, 0.25) is 0 Å². The smallest absolute Gasteiger partial charge is 0.462 e. The van der Waals surface area contributed by atoms with Crippen molar-refractivity contribution in [1.29, 1.82) is 0 Å². The van der Waals surface area contributed by atoms with Gasteiger partial charge in [-0.15, -0.1) is 0 Å². The number of rotatable bonds is 31. The zero-order valence-corrected chi connectivity index (χ0v) is 29.1. The Hall–Kier alpha value is -1.99. The molecule has 0 aromatic carbocycles. The summed E-state index contributed by atoms with van der Waals surface area (Å²) in [5.74, 6) is -0.914. The van der Waals surface area contributed by atoms with Crippen molar-refractivity contribution in [2.24, 2.45) is 0 Å². The van der Waals surface area contributed by atoms with Crippen LogP contribution in [-0.4, -0.2) is 41.0 Å². The number of carbonyl (C=O) groups excluding carboxylic acids is 2. The van der Waals surface area contributed by atoms with Gasteiger partial charge in [-0.3, -0.25) is 14.1 Å². The summed E-state index contributed by atoms with van der Waals surface area (Å²) in [6.45, 7) is 3.47. The van der Waals surface area contributed by atoms with Crippen molar-refractivity contribution in [2.45, 2.75) is 155 Å². The van der Waals surface area contributed by atoms with E-state index in [1.807, 2.05) is 0 Å². The molecule has 0 aliphatic rings. The monoisotopic (exact) mass is 654 g/mol. The molecule has 8 nitrogen and oxygen atoms in total.